The average molecular weight is 242 g/mol. The molecule has 0 spiro atoms. The van der Waals surface area contributed by atoms with Gasteiger partial charge in [0.1, 0.15) is 6.10 Å². The van der Waals surface area contributed by atoms with Crippen molar-refractivity contribution in [2.75, 3.05) is 6.54 Å². The number of aryl methyl sites for hydroxylation is 1. The lowest BCUT2D eigenvalue weighted by atomic mass is 9.99. The summed E-state index contributed by atoms with van der Waals surface area (Å²) < 4.78 is 0. The van der Waals surface area contributed by atoms with Crippen molar-refractivity contribution in [2.45, 2.75) is 19.1 Å². The Balaban J connectivity index is 2.86. The lowest BCUT2D eigenvalue weighted by Gasteiger charge is -2.18. The van der Waals surface area contributed by atoms with Gasteiger partial charge in [0.25, 0.3) is 0 Å². The zero-order chi connectivity index (χ0) is 12.1. The summed E-state index contributed by atoms with van der Waals surface area (Å²) in [5, 5.41) is 23.1. The zero-order valence-electron chi connectivity index (χ0n) is 8.71. The van der Waals surface area contributed by atoms with Crippen LogP contribution in [0.5, 0.6) is 0 Å². The molecule has 1 rings (SSSR count). The van der Waals surface area contributed by atoms with E-state index in [2.05, 4.69) is 10.0 Å². The molecule has 6 heteroatoms. The largest absolute Gasteiger partial charge is 0.390 e. The molecular weight excluding hydrogens is 230 g/mol. The van der Waals surface area contributed by atoms with Gasteiger partial charge in [-0.25, -0.2) is 0 Å². The summed E-state index contributed by atoms with van der Waals surface area (Å²) in [5.74, 6) is 0. The third-order valence-electron chi connectivity index (χ3n) is 2.25. The monoisotopic (exact) mass is 241 g/mol. The number of aliphatic hydroxyl groups is 2. The highest BCUT2D eigenvalue weighted by Gasteiger charge is 2.19. The van der Waals surface area contributed by atoms with Crippen LogP contribution in [-0.4, -0.2) is 22.9 Å². The number of hydrogen-bond acceptors (Lipinski definition) is 3. The van der Waals surface area contributed by atoms with Gasteiger partial charge >= 0.3 is 0 Å². The maximum Gasteiger partial charge on any atom is 0.105 e. The molecule has 86 valence electrons. The van der Waals surface area contributed by atoms with Crippen molar-refractivity contribution in [3.8, 4) is 0 Å². The predicted molar refractivity (Wildman–Crippen MR) is 61.2 cm³/mol. The molecule has 0 amide bonds. The number of aliphatic hydroxyl groups excluding tert-OH is 2. The Labute approximate surface area is 97.9 Å². The minimum Gasteiger partial charge on any atom is -0.390 e. The molecule has 0 fully saturated rings. The molecule has 0 radical (unpaired) electrons. The lowest BCUT2D eigenvalue weighted by molar-refractivity contribution is 0.0240. The summed E-state index contributed by atoms with van der Waals surface area (Å²) >= 11 is 5.77. The maximum atomic E-state index is 9.81. The van der Waals surface area contributed by atoms with E-state index in [9.17, 15) is 10.2 Å². The van der Waals surface area contributed by atoms with E-state index >= 15 is 0 Å². The van der Waals surface area contributed by atoms with Gasteiger partial charge < -0.3 is 10.2 Å². The molecule has 16 heavy (non-hydrogen) atoms. The van der Waals surface area contributed by atoms with E-state index in [1.165, 1.54) is 0 Å². The number of rotatable bonds is 4. The highest BCUT2D eigenvalue weighted by molar-refractivity contribution is 6.30. The second-order valence-electron chi connectivity index (χ2n) is 3.43. The van der Waals surface area contributed by atoms with Crippen molar-refractivity contribution >= 4 is 11.6 Å². The van der Waals surface area contributed by atoms with Gasteiger partial charge in [0, 0.05) is 9.93 Å². The van der Waals surface area contributed by atoms with Gasteiger partial charge in [-0.15, -0.1) is 0 Å². The van der Waals surface area contributed by atoms with E-state index in [-0.39, 0.29) is 6.54 Å². The highest BCUT2D eigenvalue weighted by Crippen LogP contribution is 2.23. The van der Waals surface area contributed by atoms with Crippen molar-refractivity contribution in [2.24, 2.45) is 5.11 Å². The molecule has 0 saturated heterocycles. The van der Waals surface area contributed by atoms with Crippen LogP contribution in [0.25, 0.3) is 10.4 Å². The Morgan fingerprint density at radius 2 is 2.19 bits per heavy atom. The second kappa shape index (κ2) is 5.72. The second-order valence-corrected chi connectivity index (χ2v) is 3.86. The topological polar surface area (TPSA) is 89.2 Å². The zero-order valence-corrected chi connectivity index (χ0v) is 9.46. The molecule has 1 aromatic rings. The lowest BCUT2D eigenvalue weighted by Crippen LogP contribution is -2.21. The minimum absolute atomic E-state index is 0.167. The first kappa shape index (κ1) is 12.8. The average Bonchev–Trinajstić information content (AvgIpc) is 2.25. The molecule has 0 saturated carbocycles. The summed E-state index contributed by atoms with van der Waals surface area (Å²) in [6.45, 7) is 1.62. The molecule has 1 aromatic carbocycles. The fourth-order valence-electron chi connectivity index (χ4n) is 1.40. The van der Waals surface area contributed by atoms with Crippen LogP contribution in [0.15, 0.2) is 23.3 Å². The first-order chi connectivity index (χ1) is 7.56. The van der Waals surface area contributed by atoms with Gasteiger partial charge in [-0.1, -0.05) is 22.8 Å². The Bertz CT molecular complexity index is 419. The molecule has 0 aliphatic heterocycles. The van der Waals surface area contributed by atoms with Crippen LogP contribution in [0, 0.1) is 6.92 Å². The van der Waals surface area contributed by atoms with Gasteiger partial charge in [-0.05, 0) is 35.7 Å². The summed E-state index contributed by atoms with van der Waals surface area (Å²) in [6, 6.07) is 4.97. The quantitative estimate of drug-likeness (QED) is 0.481. The van der Waals surface area contributed by atoms with Crippen LogP contribution >= 0.6 is 11.6 Å². The smallest absolute Gasteiger partial charge is 0.105 e. The standard InChI is InChI=1S/C10H12ClN3O2/c1-6-4-7(11)2-3-8(6)10(16)9(15)5-13-14-12/h2-4,9-10,15-16H,5H2,1H3. The van der Waals surface area contributed by atoms with Crippen molar-refractivity contribution < 1.29 is 10.2 Å². The van der Waals surface area contributed by atoms with E-state index in [1.54, 1.807) is 25.1 Å². The van der Waals surface area contributed by atoms with Crippen LogP contribution in [-0.2, 0) is 0 Å². The Kier molecular flexibility index (Phi) is 4.58. The predicted octanol–water partition coefficient (Wildman–Crippen LogP) is 2.35. The Morgan fingerprint density at radius 3 is 2.75 bits per heavy atom. The summed E-state index contributed by atoms with van der Waals surface area (Å²) in [5.41, 5.74) is 9.46. The SMILES string of the molecule is Cc1cc(Cl)ccc1C(O)C(O)CN=[N+]=[N-]. The van der Waals surface area contributed by atoms with E-state index in [0.717, 1.165) is 5.56 Å². The third kappa shape index (κ3) is 3.12. The number of halogens is 1. The summed E-state index contributed by atoms with van der Waals surface area (Å²) in [6.07, 6.45) is -2.20. The molecule has 0 heterocycles. The summed E-state index contributed by atoms with van der Waals surface area (Å²) in [7, 11) is 0. The Hall–Kier alpha value is -1.26. The molecule has 5 nitrogen and oxygen atoms in total. The van der Waals surface area contributed by atoms with E-state index in [1.807, 2.05) is 0 Å². The van der Waals surface area contributed by atoms with Crippen molar-refractivity contribution in [3.63, 3.8) is 0 Å². The van der Waals surface area contributed by atoms with Crippen LogP contribution in [0.3, 0.4) is 0 Å². The molecule has 0 bridgehead atoms. The van der Waals surface area contributed by atoms with Crippen LogP contribution in [0.1, 0.15) is 17.2 Å². The highest BCUT2D eigenvalue weighted by atomic mass is 35.5. The van der Waals surface area contributed by atoms with Gasteiger partial charge in [0.2, 0.25) is 0 Å². The van der Waals surface area contributed by atoms with Gasteiger partial charge in [-0.3, -0.25) is 0 Å². The number of azide groups is 1. The number of nitrogens with zero attached hydrogens (tertiary/aromatic N) is 3. The van der Waals surface area contributed by atoms with Crippen LogP contribution in [0.2, 0.25) is 5.02 Å². The van der Waals surface area contributed by atoms with Gasteiger partial charge in [0.15, 0.2) is 0 Å². The normalized spacial score (nSPS) is 14.0. The first-order valence-corrected chi connectivity index (χ1v) is 5.07. The first-order valence-electron chi connectivity index (χ1n) is 4.69. The van der Waals surface area contributed by atoms with Gasteiger partial charge in [-0.2, -0.15) is 0 Å². The molecule has 0 aromatic heterocycles. The van der Waals surface area contributed by atoms with Crippen molar-refractivity contribution in [3.05, 3.63) is 44.8 Å². The van der Waals surface area contributed by atoms with Crippen LogP contribution in [0.4, 0.5) is 0 Å². The van der Waals surface area contributed by atoms with E-state index < -0.39 is 12.2 Å². The minimum atomic E-state index is -1.12. The Morgan fingerprint density at radius 1 is 1.50 bits per heavy atom. The van der Waals surface area contributed by atoms with E-state index in [4.69, 9.17) is 17.1 Å². The maximum absolute atomic E-state index is 9.81. The molecule has 2 unspecified atom stereocenters. The van der Waals surface area contributed by atoms with Crippen molar-refractivity contribution in [1.82, 2.24) is 0 Å². The van der Waals surface area contributed by atoms with Gasteiger partial charge in [0.05, 0.1) is 12.6 Å². The third-order valence-corrected chi connectivity index (χ3v) is 2.48. The molecular formula is C10H12ClN3O2. The van der Waals surface area contributed by atoms with Crippen molar-refractivity contribution in [1.29, 1.82) is 0 Å². The molecule has 0 aliphatic carbocycles. The number of hydrogen-bond donors (Lipinski definition) is 2. The molecule has 2 N–H and O–H groups in total. The van der Waals surface area contributed by atoms with E-state index in [0.29, 0.717) is 10.6 Å². The summed E-state index contributed by atoms with van der Waals surface area (Å²) in [4.78, 5) is 2.52. The number of benzene rings is 1. The fraction of sp³-hybridized carbons (Fsp3) is 0.400. The van der Waals surface area contributed by atoms with Crippen LogP contribution < -0.4 is 0 Å². The molecule has 2 atom stereocenters. The molecule has 0 aliphatic rings. The fourth-order valence-corrected chi connectivity index (χ4v) is 1.62.